The first-order chi connectivity index (χ1) is 14.8. The number of carbonyl (C=O) groups excluding carboxylic acids is 2. The van der Waals surface area contributed by atoms with Crippen molar-refractivity contribution in [3.05, 3.63) is 59.7 Å². The largest absolute Gasteiger partial charge is 0.452 e. The lowest BCUT2D eigenvalue weighted by Gasteiger charge is -2.29. The number of carbonyl (C=O) groups is 2. The summed E-state index contributed by atoms with van der Waals surface area (Å²) in [6, 6.07) is 13.1. The van der Waals surface area contributed by atoms with Crippen molar-refractivity contribution in [2.45, 2.75) is 38.0 Å². The van der Waals surface area contributed by atoms with Crippen molar-refractivity contribution < 1.29 is 22.7 Å². The highest BCUT2D eigenvalue weighted by molar-refractivity contribution is 7.89. The molecular weight excluding hydrogens is 416 g/mol. The molecule has 1 aliphatic heterocycles. The average Bonchev–Trinajstić information content (AvgIpc) is 2.78. The van der Waals surface area contributed by atoms with E-state index in [9.17, 15) is 18.0 Å². The van der Waals surface area contributed by atoms with E-state index in [0.29, 0.717) is 24.7 Å². The Bertz CT molecular complexity index is 1030. The van der Waals surface area contributed by atoms with Crippen LogP contribution in [0.2, 0.25) is 0 Å². The summed E-state index contributed by atoms with van der Waals surface area (Å²) in [4.78, 5) is 24.4. The summed E-state index contributed by atoms with van der Waals surface area (Å²) < 4.78 is 32.1. The molecule has 8 heteroatoms. The predicted octanol–water partition coefficient (Wildman–Crippen LogP) is 3.47. The number of aryl methyl sites for hydroxylation is 1. The molecule has 7 nitrogen and oxygen atoms in total. The van der Waals surface area contributed by atoms with Crippen LogP contribution in [0, 0.1) is 5.92 Å². The van der Waals surface area contributed by atoms with Crippen LogP contribution in [-0.4, -0.2) is 44.3 Å². The van der Waals surface area contributed by atoms with E-state index in [1.807, 2.05) is 25.1 Å². The fourth-order valence-corrected chi connectivity index (χ4v) is 4.89. The van der Waals surface area contributed by atoms with Crippen LogP contribution in [0.1, 0.15) is 42.6 Å². The fourth-order valence-electron chi connectivity index (χ4n) is 3.42. The number of amides is 1. The molecule has 1 amide bonds. The molecule has 0 aromatic heterocycles. The van der Waals surface area contributed by atoms with Crippen molar-refractivity contribution in [3.63, 3.8) is 0 Å². The number of hydrogen-bond donors (Lipinski definition) is 1. The van der Waals surface area contributed by atoms with Gasteiger partial charge in [0.2, 0.25) is 10.0 Å². The lowest BCUT2D eigenvalue weighted by Crippen LogP contribution is -2.37. The topological polar surface area (TPSA) is 92.8 Å². The molecule has 31 heavy (non-hydrogen) atoms. The Balaban J connectivity index is 1.55. The van der Waals surface area contributed by atoms with E-state index >= 15 is 0 Å². The quantitative estimate of drug-likeness (QED) is 0.660. The number of nitrogens with one attached hydrogen (secondary N) is 1. The summed E-state index contributed by atoms with van der Waals surface area (Å²) in [6.45, 7) is 4.72. The zero-order valence-corrected chi connectivity index (χ0v) is 18.7. The van der Waals surface area contributed by atoms with E-state index in [0.717, 1.165) is 24.8 Å². The van der Waals surface area contributed by atoms with Gasteiger partial charge in [-0.3, -0.25) is 4.79 Å². The number of hydrogen-bond acceptors (Lipinski definition) is 5. The van der Waals surface area contributed by atoms with Crippen LogP contribution < -0.4 is 5.32 Å². The maximum Gasteiger partial charge on any atom is 0.338 e. The summed E-state index contributed by atoms with van der Waals surface area (Å²) in [7, 11) is -3.58. The minimum Gasteiger partial charge on any atom is -0.452 e. The molecule has 1 fully saturated rings. The van der Waals surface area contributed by atoms with Crippen molar-refractivity contribution in [1.29, 1.82) is 0 Å². The predicted molar refractivity (Wildman–Crippen MR) is 118 cm³/mol. The summed E-state index contributed by atoms with van der Waals surface area (Å²) >= 11 is 0. The lowest BCUT2D eigenvalue weighted by molar-refractivity contribution is -0.119. The third-order valence-corrected chi connectivity index (χ3v) is 7.34. The Hall–Kier alpha value is -2.71. The molecule has 1 N–H and O–H groups in total. The van der Waals surface area contributed by atoms with Gasteiger partial charge in [-0.25, -0.2) is 13.2 Å². The highest BCUT2D eigenvalue weighted by Crippen LogP contribution is 2.23. The van der Waals surface area contributed by atoms with Gasteiger partial charge >= 0.3 is 5.97 Å². The molecule has 0 spiro atoms. The van der Waals surface area contributed by atoms with Gasteiger partial charge in [0.15, 0.2) is 6.61 Å². The van der Waals surface area contributed by atoms with Gasteiger partial charge in [0.05, 0.1) is 10.5 Å². The monoisotopic (exact) mass is 444 g/mol. The smallest absolute Gasteiger partial charge is 0.338 e. The minimum atomic E-state index is -3.58. The molecule has 0 bridgehead atoms. The highest BCUT2D eigenvalue weighted by atomic mass is 32.2. The van der Waals surface area contributed by atoms with E-state index in [2.05, 4.69) is 12.2 Å². The maximum absolute atomic E-state index is 12.8. The van der Waals surface area contributed by atoms with Gasteiger partial charge in [-0.1, -0.05) is 26.0 Å². The van der Waals surface area contributed by atoms with Crippen LogP contribution in [0.25, 0.3) is 0 Å². The van der Waals surface area contributed by atoms with E-state index in [-0.39, 0.29) is 10.5 Å². The molecule has 0 radical (unpaired) electrons. The van der Waals surface area contributed by atoms with Crippen molar-refractivity contribution in [2.24, 2.45) is 5.92 Å². The molecule has 1 heterocycles. The van der Waals surface area contributed by atoms with Crippen molar-refractivity contribution in [2.75, 3.05) is 25.0 Å². The number of piperidine rings is 1. The van der Waals surface area contributed by atoms with Crippen LogP contribution >= 0.6 is 0 Å². The molecule has 1 aliphatic rings. The van der Waals surface area contributed by atoms with Crippen molar-refractivity contribution in [1.82, 2.24) is 4.31 Å². The third kappa shape index (κ3) is 5.92. The number of rotatable bonds is 7. The van der Waals surface area contributed by atoms with Crippen molar-refractivity contribution >= 4 is 27.6 Å². The van der Waals surface area contributed by atoms with E-state index in [1.165, 1.54) is 28.6 Å². The Morgan fingerprint density at radius 1 is 1.10 bits per heavy atom. The van der Waals surface area contributed by atoms with Gasteiger partial charge in [0.1, 0.15) is 0 Å². The second kappa shape index (κ2) is 10.1. The molecular formula is C23H28N2O5S. The zero-order chi connectivity index (χ0) is 22.4. The second-order valence-corrected chi connectivity index (χ2v) is 9.73. The fraction of sp³-hybridized carbons (Fsp3) is 0.391. The molecule has 0 saturated carbocycles. The number of ether oxygens (including phenoxy) is 1. The number of nitrogens with zero attached hydrogens (tertiary/aromatic N) is 1. The highest BCUT2D eigenvalue weighted by Gasteiger charge is 2.28. The molecule has 0 aliphatic carbocycles. The van der Waals surface area contributed by atoms with Gasteiger partial charge in [0, 0.05) is 18.8 Å². The first kappa shape index (κ1) is 23.0. The Morgan fingerprint density at radius 2 is 1.77 bits per heavy atom. The number of benzene rings is 2. The number of esters is 1. The van der Waals surface area contributed by atoms with Gasteiger partial charge in [-0.15, -0.1) is 0 Å². The van der Waals surface area contributed by atoms with Crippen LogP contribution in [-0.2, 0) is 26.0 Å². The zero-order valence-electron chi connectivity index (χ0n) is 17.8. The van der Waals surface area contributed by atoms with Crippen LogP contribution in [0.5, 0.6) is 0 Å². The van der Waals surface area contributed by atoms with E-state index in [1.54, 1.807) is 6.07 Å². The van der Waals surface area contributed by atoms with E-state index < -0.39 is 28.5 Å². The minimum absolute atomic E-state index is 0.146. The molecule has 3 rings (SSSR count). The van der Waals surface area contributed by atoms with Gasteiger partial charge in [0.25, 0.3) is 5.91 Å². The molecule has 0 unspecified atom stereocenters. The maximum atomic E-state index is 12.8. The first-order valence-corrected chi connectivity index (χ1v) is 11.9. The van der Waals surface area contributed by atoms with Crippen LogP contribution in [0.15, 0.2) is 53.4 Å². The summed E-state index contributed by atoms with van der Waals surface area (Å²) in [5.41, 5.74) is 1.91. The van der Waals surface area contributed by atoms with Crippen LogP contribution in [0.3, 0.4) is 0 Å². The molecule has 0 atom stereocenters. The SMILES string of the molecule is CCc1cccc(NC(=O)COC(=O)c2ccc(S(=O)(=O)N3CCC(C)CC3)cc2)c1. The standard InChI is InChI=1S/C23H28N2O5S/c1-3-18-5-4-6-20(15-18)24-22(26)16-30-23(27)19-7-9-21(10-8-19)31(28,29)25-13-11-17(2)12-14-25/h4-10,15,17H,3,11-14,16H2,1-2H3,(H,24,26). The Kier molecular flexibility index (Phi) is 7.46. The summed E-state index contributed by atoms with van der Waals surface area (Å²) in [6.07, 6.45) is 2.53. The Morgan fingerprint density at radius 3 is 2.42 bits per heavy atom. The average molecular weight is 445 g/mol. The van der Waals surface area contributed by atoms with Crippen molar-refractivity contribution in [3.8, 4) is 0 Å². The summed E-state index contributed by atoms with van der Waals surface area (Å²) in [5, 5.41) is 2.69. The second-order valence-electron chi connectivity index (χ2n) is 7.79. The van der Waals surface area contributed by atoms with Gasteiger partial charge < -0.3 is 10.1 Å². The van der Waals surface area contributed by atoms with Gasteiger partial charge in [-0.05, 0) is 67.1 Å². The van der Waals surface area contributed by atoms with Crippen LogP contribution in [0.4, 0.5) is 5.69 Å². The lowest BCUT2D eigenvalue weighted by atomic mass is 10.0. The third-order valence-electron chi connectivity index (χ3n) is 5.42. The Labute approximate surface area is 183 Å². The first-order valence-electron chi connectivity index (χ1n) is 10.5. The summed E-state index contributed by atoms with van der Waals surface area (Å²) in [5.74, 6) is -0.607. The number of anilines is 1. The molecule has 2 aromatic rings. The molecule has 2 aromatic carbocycles. The molecule has 1 saturated heterocycles. The van der Waals surface area contributed by atoms with Gasteiger partial charge in [-0.2, -0.15) is 4.31 Å². The molecule has 166 valence electrons. The normalized spacial score (nSPS) is 15.4. The number of sulfonamides is 1. The van der Waals surface area contributed by atoms with E-state index in [4.69, 9.17) is 4.74 Å².